The molecule has 1 aromatic heterocycles. The van der Waals surface area contributed by atoms with Crippen molar-refractivity contribution < 1.29 is 22.7 Å². The highest BCUT2D eigenvalue weighted by atomic mass is 35.5. The number of benzene rings is 1. The fourth-order valence-corrected chi connectivity index (χ4v) is 6.23. The zero-order valence-corrected chi connectivity index (χ0v) is 22.3. The fraction of sp³-hybridized carbons (Fsp3) is 0.607. The fourth-order valence-electron chi connectivity index (χ4n) is 6.05. The van der Waals surface area contributed by atoms with Crippen molar-refractivity contribution in [1.29, 1.82) is 0 Å². The number of fused-ring (bicyclic) bond motifs is 1. The van der Waals surface area contributed by atoms with Gasteiger partial charge in [0.05, 0.1) is 30.5 Å². The first-order valence-corrected chi connectivity index (χ1v) is 13.8. The van der Waals surface area contributed by atoms with Crippen molar-refractivity contribution in [2.45, 2.75) is 64.3 Å². The summed E-state index contributed by atoms with van der Waals surface area (Å²) in [6, 6.07) is 3.39. The molecular weight excluding hydrogens is 517 g/mol. The normalized spacial score (nSPS) is 23.4. The van der Waals surface area contributed by atoms with Crippen molar-refractivity contribution in [3.63, 3.8) is 0 Å². The third-order valence-electron chi connectivity index (χ3n) is 8.42. The van der Waals surface area contributed by atoms with Crippen molar-refractivity contribution in [3.8, 4) is 0 Å². The topological polar surface area (TPSA) is 76.1 Å². The number of halogens is 4. The molecule has 0 amide bonds. The zero-order chi connectivity index (χ0) is 26.9. The highest BCUT2D eigenvalue weighted by Crippen LogP contribution is 2.38. The summed E-state index contributed by atoms with van der Waals surface area (Å²) < 4.78 is 46.5. The van der Waals surface area contributed by atoms with Gasteiger partial charge in [0.15, 0.2) is 0 Å². The molecule has 6 nitrogen and oxygen atoms in total. The lowest BCUT2D eigenvalue weighted by atomic mass is 9.76. The van der Waals surface area contributed by atoms with Gasteiger partial charge in [-0.2, -0.15) is 0 Å². The number of rotatable bonds is 8. The van der Waals surface area contributed by atoms with E-state index in [0.717, 1.165) is 69.3 Å². The molecule has 206 valence electrons. The van der Waals surface area contributed by atoms with Crippen LogP contribution in [-0.4, -0.2) is 42.1 Å². The first-order chi connectivity index (χ1) is 18.2. The molecule has 2 N–H and O–H groups in total. The van der Waals surface area contributed by atoms with Crippen molar-refractivity contribution >= 4 is 23.2 Å². The van der Waals surface area contributed by atoms with Crippen molar-refractivity contribution in [1.82, 2.24) is 15.3 Å². The van der Waals surface area contributed by atoms with Gasteiger partial charge in [-0.05, 0) is 69.5 Å². The minimum Gasteiger partial charge on any atom is -0.380 e. The number of ether oxygens (including phenoxy) is 1. The minimum atomic E-state index is -2.89. The lowest BCUT2D eigenvalue weighted by molar-refractivity contribution is -0.130. The molecule has 2 aromatic rings. The first kappa shape index (κ1) is 27.3. The first-order valence-electron chi connectivity index (χ1n) is 13.4. The van der Waals surface area contributed by atoms with Crippen LogP contribution < -0.4 is 10.6 Å². The van der Waals surface area contributed by atoms with Crippen molar-refractivity contribution in [3.05, 3.63) is 51.7 Å². The van der Waals surface area contributed by atoms with Gasteiger partial charge in [-0.3, -0.25) is 4.79 Å². The van der Waals surface area contributed by atoms with Gasteiger partial charge in [0.25, 0.3) is 6.43 Å². The van der Waals surface area contributed by atoms with Gasteiger partial charge in [0.2, 0.25) is 5.28 Å². The molecule has 3 heterocycles. The second kappa shape index (κ2) is 11.5. The summed E-state index contributed by atoms with van der Waals surface area (Å²) in [5, 5.41) is 6.74. The van der Waals surface area contributed by atoms with Crippen LogP contribution in [0.5, 0.6) is 0 Å². The molecule has 0 bridgehead atoms. The molecule has 0 saturated carbocycles. The van der Waals surface area contributed by atoms with Crippen LogP contribution >= 0.6 is 11.6 Å². The quantitative estimate of drug-likeness (QED) is 0.402. The van der Waals surface area contributed by atoms with Gasteiger partial charge in [-0.15, -0.1) is 0 Å². The molecule has 1 aromatic carbocycles. The third-order valence-corrected chi connectivity index (χ3v) is 8.59. The summed E-state index contributed by atoms with van der Waals surface area (Å²) in [4.78, 5) is 21.9. The average Bonchev–Trinajstić information content (AvgIpc) is 3.24. The molecule has 1 aliphatic carbocycles. The maximum atomic E-state index is 14.7. The minimum absolute atomic E-state index is 0.0768. The number of hydrogen-bond acceptors (Lipinski definition) is 6. The van der Waals surface area contributed by atoms with Crippen LogP contribution in [-0.2, 0) is 22.4 Å². The lowest BCUT2D eigenvalue weighted by Crippen LogP contribution is -2.51. The highest BCUT2D eigenvalue weighted by molar-refractivity contribution is 6.28. The predicted molar refractivity (Wildman–Crippen MR) is 139 cm³/mol. The molecule has 3 aliphatic rings. The number of alkyl halides is 2. The smallest absolute Gasteiger partial charge is 0.266 e. The van der Waals surface area contributed by atoms with Gasteiger partial charge in [-0.25, -0.2) is 23.1 Å². The number of anilines is 1. The maximum absolute atomic E-state index is 14.7. The second-order valence-corrected chi connectivity index (χ2v) is 11.5. The summed E-state index contributed by atoms with van der Waals surface area (Å²) >= 11 is 6.20. The molecule has 5 rings (SSSR count). The van der Waals surface area contributed by atoms with E-state index in [9.17, 15) is 18.0 Å². The average molecular weight is 551 g/mol. The van der Waals surface area contributed by atoms with E-state index < -0.39 is 23.8 Å². The lowest BCUT2D eigenvalue weighted by Gasteiger charge is -2.43. The third kappa shape index (κ3) is 5.84. The summed E-state index contributed by atoms with van der Waals surface area (Å²) in [5.41, 5.74) is 1.43. The van der Waals surface area contributed by atoms with Crippen molar-refractivity contribution in [2.75, 3.05) is 31.6 Å². The Bertz CT molecular complexity index is 1180. The Labute approximate surface area is 226 Å². The van der Waals surface area contributed by atoms with Crippen molar-refractivity contribution in [2.24, 2.45) is 17.3 Å². The SMILES string of the molecule is C[C@@H](Nc1nc(Cl)nc2c1CC(CCC(=O)C1CCNCC3(CC1)COC3)C2)c1cccc(C(F)F)c1F. The van der Waals surface area contributed by atoms with Gasteiger partial charge >= 0.3 is 0 Å². The van der Waals surface area contributed by atoms with Gasteiger partial charge < -0.3 is 15.4 Å². The Morgan fingerprint density at radius 2 is 2.03 bits per heavy atom. The number of aromatic nitrogens is 2. The van der Waals surface area contributed by atoms with Crippen LogP contribution in [0, 0.1) is 23.1 Å². The number of ketones is 1. The molecule has 2 saturated heterocycles. The summed E-state index contributed by atoms with van der Waals surface area (Å²) in [6.45, 7) is 5.09. The van der Waals surface area contributed by atoms with E-state index in [-0.39, 0.29) is 28.1 Å². The number of nitrogens with zero attached hydrogens (tertiary/aromatic N) is 2. The Balaban J connectivity index is 1.21. The second-order valence-electron chi connectivity index (χ2n) is 11.2. The summed E-state index contributed by atoms with van der Waals surface area (Å²) in [7, 11) is 0. The van der Waals surface area contributed by atoms with E-state index in [2.05, 4.69) is 20.6 Å². The number of nitrogens with one attached hydrogen (secondary N) is 2. The molecule has 1 spiro atoms. The van der Waals surface area contributed by atoms with Gasteiger partial charge in [0.1, 0.15) is 17.4 Å². The van der Waals surface area contributed by atoms with E-state index in [1.165, 1.54) is 12.1 Å². The Morgan fingerprint density at radius 1 is 1.24 bits per heavy atom. The maximum Gasteiger partial charge on any atom is 0.266 e. The molecule has 0 radical (unpaired) electrons. The van der Waals surface area contributed by atoms with Crippen LogP contribution in [0.15, 0.2) is 18.2 Å². The molecule has 2 fully saturated rings. The zero-order valence-electron chi connectivity index (χ0n) is 21.5. The van der Waals surface area contributed by atoms with Crippen LogP contribution in [0.25, 0.3) is 0 Å². The molecule has 10 heteroatoms. The predicted octanol–water partition coefficient (Wildman–Crippen LogP) is 5.85. The van der Waals surface area contributed by atoms with E-state index in [4.69, 9.17) is 16.3 Å². The Morgan fingerprint density at radius 3 is 2.76 bits per heavy atom. The molecule has 38 heavy (non-hydrogen) atoms. The van der Waals surface area contributed by atoms with E-state index in [1.807, 2.05) is 0 Å². The van der Waals surface area contributed by atoms with E-state index in [1.54, 1.807) is 6.92 Å². The Kier molecular flexibility index (Phi) is 8.26. The van der Waals surface area contributed by atoms with Crippen LogP contribution in [0.2, 0.25) is 5.28 Å². The monoisotopic (exact) mass is 550 g/mol. The molecule has 3 atom stereocenters. The van der Waals surface area contributed by atoms with Crippen LogP contribution in [0.1, 0.15) is 73.9 Å². The highest BCUT2D eigenvalue weighted by Gasteiger charge is 2.40. The summed E-state index contributed by atoms with van der Waals surface area (Å²) in [5.74, 6) is 0.202. The van der Waals surface area contributed by atoms with Crippen LogP contribution in [0.4, 0.5) is 19.0 Å². The Hall–Kier alpha value is -2.23. The number of carbonyl (C=O) groups is 1. The molecular formula is C28H34ClF3N4O2. The van der Waals surface area contributed by atoms with Gasteiger partial charge in [0, 0.05) is 35.4 Å². The number of carbonyl (C=O) groups excluding carboxylic acids is 1. The van der Waals surface area contributed by atoms with Gasteiger partial charge in [-0.1, -0.05) is 18.2 Å². The largest absolute Gasteiger partial charge is 0.380 e. The standard InChI is InChI=1S/C28H34ClF3N4O2/c1-16(19-3-2-4-20(24(19)30)25(31)32)34-26-21-11-17(12-22(21)35-27(29)36-26)5-6-23(37)18-7-9-28(14-38-15-28)13-33-10-8-18/h2-4,16-18,25,33H,5-15H2,1H3,(H,34,35,36)/t16-,17?,18?/m1/s1. The molecule has 2 unspecified atom stereocenters. The van der Waals surface area contributed by atoms with E-state index >= 15 is 0 Å². The van der Waals surface area contributed by atoms with Crippen LogP contribution in [0.3, 0.4) is 0 Å². The molecule has 2 aliphatic heterocycles. The van der Waals surface area contributed by atoms with E-state index in [0.29, 0.717) is 30.9 Å². The number of Topliss-reactive ketones (excluding diaryl/α,β-unsaturated/α-hetero) is 1. The number of hydrogen-bond donors (Lipinski definition) is 2. The summed E-state index contributed by atoms with van der Waals surface area (Å²) in [6.07, 6.45) is 2.58.